The Kier molecular flexibility index (Phi) is 3.09. The maximum atomic E-state index is 12.9. The van der Waals surface area contributed by atoms with Crippen LogP contribution in [-0.2, 0) is 5.54 Å². The molecule has 3 N–H and O–H groups in total. The minimum Gasteiger partial charge on any atom is -0.394 e. The molecule has 1 rings (SSSR count). The Morgan fingerprint density at radius 2 is 1.93 bits per heavy atom. The molecule has 0 aliphatic rings. The van der Waals surface area contributed by atoms with Crippen LogP contribution in [0.4, 0.5) is 8.78 Å². The molecule has 1 aromatic carbocycles. The van der Waals surface area contributed by atoms with Gasteiger partial charge < -0.3 is 10.8 Å². The number of hydrogen-bond acceptors (Lipinski definition) is 2. The number of nitrogens with two attached hydrogens (primary N) is 1. The van der Waals surface area contributed by atoms with Gasteiger partial charge in [0.2, 0.25) is 0 Å². The summed E-state index contributed by atoms with van der Waals surface area (Å²) in [5.41, 5.74) is 4.64. The minimum atomic E-state index is -1.17. The van der Waals surface area contributed by atoms with Crippen LogP contribution >= 0.6 is 11.6 Å². The lowest BCUT2D eigenvalue weighted by Crippen LogP contribution is -2.37. The molecule has 0 heterocycles. The Bertz CT molecular complexity index is 355. The molecule has 0 bridgehead atoms. The molecule has 2 nitrogen and oxygen atoms in total. The summed E-state index contributed by atoms with van der Waals surface area (Å²) in [7, 11) is 0. The summed E-state index contributed by atoms with van der Waals surface area (Å²) in [5, 5.41) is 8.93. The molecule has 0 spiro atoms. The van der Waals surface area contributed by atoms with Crippen molar-refractivity contribution in [3.8, 4) is 0 Å². The molecule has 0 radical (unpaired) electrons. The van der Waals surface area contributed by atoms with Crippen LogP contribution in [0.5, 0.6) is 0 Å². The second kappa shape index (κ2) is 3.81. The van der Waals surface area contributed by atoms with Gasteiger partial charge in [-0.05, 0) is 24.6 Å². The summed E-state index contributed by atoms with van der Waals surface area (Å²) in [6, 6.07) is 1.74. The Morgan fingerprint density at radius 1 is 1.43 bits per heavy atom. The highest BCUT2D eigenvalue weighted by molar-refractivity contribution is 6.31. The van der Waals surface area contributed by atoms with E-state index in [0.717, 1.165) is 12.1 Å². The third-order valence-corrected chi connectivity index (χ3v) is 2.27. The van der Waals surface area contributed by atoms with Crippen molar-refractivity contribution < 1.29 is 13.9 Å². The van der Waals surface area contributed by atoms with Crippen LogP contribution in [-0.4, -0.2) is 11.7 Å². The first-order chi connectivity index (χ1) is 6.38. The van der Waals surface area contributed by atoms with E-state index in [0.29, 0.717) is 0 Å². The largest absolute Gasteiger partial charge is 0.394 e. The molecular weight excluding hydrogens is 212 g/mol. The topological polar surface area (TPSA) is 46.2 Å². The quantitative estimate of drug-likeness (QED) is 0.748. The van der Waals surface area contributed by atoms with Gasteiger partial charge in [0.1, 0.15) is 0 Å². The summed E-state index contributed by atoms with van der Waals surface area (Å²) in [6.07, 6.45) is 0. The Labute approximate surface area is 85.3 Å². The highest BCUT2D eigenvalue weighted by atomic mass is 35.5. The average Bonchev–Trinajstić information content (AvgIpc) is 2.11. The molecule has 1 aromatic rings. The molecule has 14 heavy (non-hydrogen) atoms. The molecule has 0 aliphatic heterocycles. The van der Waals surface area contributed by atoms with Gasteiger partial charge >= 0.3 is 0 Å². The van der Waals surface area contributed by atoms with Gasteiger partial charge in [-0.25, -0.2) is 8.78 Å². The maximum absolute atomic E-state index is 12.9. The number of aliphatic hydroxyl groups excluding tert-OH is 1. The molecule has 0 fully saturated rings. The average molecular weight is 222 g/mol. The Balaban J connectivity index is 3.29. The molecule has 78 valence electrons. The number of aliphatic hydroxyl groups is 1. The third kappa shape index (κ3) is 2.03. The number of rotatable bonds is 2. The molecule has 1 unspecified atom stereocenters. The Hall–Kier alpha value is -0.710. The first kappa shape index (κ1) is 11.4. The van der Waals surface area contributed by atoms with Crippen molar-refractivity contribution in [2.75, 3.05) is 6.61 Å². The number of halogens is 3. The van der Waals surface area contributed by atoms with Gasteiger partial charge in [-0.15, -0.1) is 0 Å². The zero-order valence-electron chi connectivity index (χ0n) is 7.52. The van der Waals surface area contributed by atoms with E-state index < -0.39 is 23.8 Å². The van der Waals surface area contributed by atoms with Gasteiger partial charge in [0.15, 0.2) is 11.6 Å². The van der Waals surface area contributed by atoms with Crippen molar-refractivity contribution in [2.45, 2.75) is 12.5 Å². The van der Waals surface area contributed by atoms with Crippen molar-refractivity contribution in [3.05, 3.63) is 34.4 Å². The predicted molar refractivity (Wildman–Crippen MR) is 50.0 cm³/mol. The fourth-order valence-electron chi connectivity index (χ4n) is 1.05. The maximum Gasteiger partial charge on any atom is 0.160 e. The van der Waals surface area contributed by atoms with Gasteiger partial charge in [0.05, 0.1) is 12.1 Å². The second-order valence-corrected chi connectivity index (χ2v) is 3.73. The molecule has 0 saturated carbocycles. The minimum absolute atomic E-state index is 0.00273. The van der Waals surface area contributed by atoms with E-state index in [4.69, 9.17) is 22.4 Å². The number of benzene rings is 1. The highest BCUT2D eigenvalue weighted by Crippen LogP contribution is 2.27. The summed E-state index contributed by atoms with van der Waals surface area (Å²) >= 11 is 5.67. The van der Waals surface area contributed by atoms with Crippen molar-refractivity contribution in [2.24, 2.45) is 5.73 Å². The molecule has 0 aromatic heterocycles. The van der Waals surface area contributed by atoms with Crippen LogP contribution in [0.1, 0.15) is 12.5 Å². The van der Waals surface area contributed by atoms with E-state index in [1.54, 1.807) is 0 Å². The first-order valence-corrected chi connectivity index (χ1v) is 4.31. The molecule has 0 amide bonds. The van der Waals surface area contributed by atoms with Crippen LogP contribution < -0.4 is 5.73 Å². The summed E-state index contributed by atoms with van der Waals surface area (Å²) in [5.74, 6) is -2.07. The smallest absolute Gasteiger partial charge is 0.160 e. The van der Waals surface area contributed by atoms with Crippen molar-refractivity contribution in [1.29, 1.82) is 0 Å². The van der Waals surface area contributed by atoms with E-state index in [-0.39, 0.29) is 10.6 Å². The van der Waals surface area contributed by atoms with Gasteiger partial charge in [-0.1, -0.05) is 11.6 Å². The highest BCUT2D eigenvalue weighted by Gasteiger charge is 2.24. The van der Waals surface area contributed by atoms with E-state index in [1.807, 2.05) is 0 Å². The lowest BCUT2D eigenvalue weighted by atomic mass is 9.94. The molecule has 5 heteroatoms. The Morgan fingerprint density at radius 3 is 2.43 bits per heavy atom. The van der Waals surface area contributed by atoms with E-state index in [9.17, 15) is 8.78 Å². The molecule has 0 aliphatic carbocycles. The van der Waals surface area contributed by atoms with E-state index in [1.165, 1.54) is 6.92 Å². The predicted octanol–water partition coefficient (Wildman–Crippen LogP) is 1.78. The standard InChI is InChI=1S/C9H10ClF2NO/c1-9(13,4-14)5-2-7(11)8(12)3-6(5)10/h2-3,14H,4,13H2,1H3. The van der Waals surface area contributed by atoms with Crippen LogP contribution in [0.25, 0.3) is 0 Å². The van der Waals surface area contributed by atoms with Crippen LogP contribution in [0, 0.1) is 11.6 Å². The number of hydrogen-bond donors (Lipinski definition) is 2. The van der Waals surface area contributed by atoms with Gasteiger partial charge in [-0.2, -0.15) is 0 Å². The molecule has 1 atom stereocenters. The van der Waals surface area contributed by atoms with E-state index in [2.05, 4.69) is 0 Å². The normalized spacial score (nSPS) is 15.3. The second-order valence-electron chi connectivity index (χ2n) is 3.32. The molecular formula is C9H10ClF2NO. The van der Waals surface area contributed by atoms with Gasteiger partial charge in [0.25, 0.3) is 0 Å². The fraction of sp³-hybridized carbons (Fsp3) is 0.333. The summed E-state index contributed by atoms with van der Waals surface area (Å²) in [4.78, 5) is 0. The summed E-state index contributed by atoms with van der Waals surface area (Å²) < 4.78 is 25.5. The van der Waals surface area contributed by atoms with Gasteiger partial charge in [0, 0.05) is 5.02 Å². The SMILES string of the molecule is CC(N)(CO)c1cc(F)c(F)cc1Cl. The zero-order valence-corrected chi connectivity index (χ0v) is 8.28. The lowest BCUT2D eigenvalue weighted by Gasteiger charge is -2.23. The third-order valence-electron chi connectivity index (χ3n) is 1.95. The van der Waals surface area contributed by atoms with Crippen molar-refractivity contribution in [3.63, 3.8) is 0 Å². The fourth-order valence-corrected chi connectivity index (χ4v) is 1.41. The van der Waals surface area contributed by atoms with Gasteiger partial charge in [-0.3, -0.25) is 0 Å². The lowest BCUT2D eigenvalue weighted by molar-refractivity contribution is 0.209. The van der Waals surface area contributed by atoms with Crippen LogP contribution in [0.15, 0.2) is 12.1 Å². The van der Waals surface area contributed by atoms with Crippen molar-refractivity contribution >= 4 is 11.6 Å². The monoisotopic (exact) mass is 221 g/mol. The summed E-state index contributed by atoms with van der Waals surface area (Å²) in [6.45, 7) is 1.07. The zero-order chi connectivity index (χ0) is 10.9. The van der Waals surface area contributed by atoms with Crippen molar-refractivity contribution in [1.82, 2.24) is 0 Å². The van der Waals surface area contributed by atoms with Crippen LogP contribution in [0.3, 0.4) is 0 Å². The first-order valence-electron chi connectivity index (χ1n) is 3.93. The van der Waals surface area contributed by atoms with E-state index >= 15 is 0 Å². The molecule has 0 saturated heterocycles. The van der Waals surface area contributed by atoms with Crippen LogP contribution in [0.2, 0.25) is 5.02 Å².